The van der Waals surface area contributed by atoms with Crippen molar-refractivity contribution in [3.05, 3.63) is 71.8 Å². The fourth-order valence-corrected chi connectivity index (χ4v) is 2.87. The summed E-state index contributed by atoms with van der Waals surface area (Å²) in [6.07, 6.45) is -0.696. The normalized spacial score (nSPS) is 13.2. The van der Waals surface area contributed by atoms with E-state index < -0.39 is 36.0 Å². The third-order valence-electron chi connectivity index (χ3n) is 4.53. The number of nitriles is 1. The molecular formula is C23H25N3O5. The molecule has 3 atom stereocenters. The van der Waals surface area contributed by atoms with Crippen molar-refractivity contribution in [1.29, 1.82) is 5.26 Å². The number of carboxylic acids is 1. The predicted molar refractivity (Wildman–Crippen MR) is 113 cm³/mol. The largest absolute Gasteiger partial charge is 0.480 e. The van der Waals surface area contributed by atoms with Gasteiger partial charge in [0.2, 0.25) is 5.91 Å². The molecule has 0 radical (unpaired) electrons. The van der Waals surface area contributed by atoms with Crippen LogP contribution >= 0.6 is 0 Å². The lowest BCUT2D eigenvalue weighted by atomic mass is 10.0. The summed E-state index contributed by atoms with van der Waals surface area (Å²) >= 11 is 0. The zero-order valence-corrected chi connectivity index (χ0v) is 17.2. The number of carbonyl (C=O) groups is 3. The van der Waals surface area contributed by atoms with Crippen LogP contribution in [0.2, 0.25) is 0 Å². The van der Waals surface area contributed by atoms with Gasteiger partial charge in [0.25, 0.3) is 0 Å². The van der Waals surface area contributed by atoms with E-state index in [2.05, 4.69) is 10.6 Å². The lowest BCUT2D eigenvalue weighted by molar-refractivity contribution is -0.142. The Balaban J connectivity index is 2.07. The number of alkyl carbamates (subject to hydrolysis) is 1. The van der Waals surface area contributed by atoms with Crippen molar-refractivity contribution in [1.82, 2.24) is 10.6 Å². The number of benzene rings is 2. The number of nitrogens with one attached hydrogen (secondary N) is 2. The highest BCUT2D eigenvalue weighted by molar-refractivity contribution is 5.89. The first-order valence-corrected chi connectivity index (χ1v) is 9.83. The third kappa shape index (κ3) is 8.19. The molecule has 0 heterocycles. The number of rotatable bonds is 10. The van der Waals surface area contributed by atoms with Crippen molar-refractivity contribution in [3.8, 4) is 6.07 Å². The molecule has 0 aliphatic rings. The molecule has 2 amide bonds. The first-order valence-electron chi connectivity index (χ1n) is 9.83. The van der Waals surface area contributed by atoms with E-state index >= 15 is 0 Å². The average Bonchev–Trinajstić information content (AvgIpc) is 2.78. The van der Waals surface area contributed by atoms with Crippen molar-refractivity contribution < 1.29 is 24.2 Å². The van der Waals surface area contributed by atoms with E-state index in [1.165, 1.54) is 0 Å². The molecule has 0 aliphatic heterocycles. The standard InChI is InChI=1S/C23H25N3O5/c1-16(14-24)12-20(22(28)29)25-21(27)19(13-17-8-4-2-5-9-17)26-23(30)31-15-18-10-6-3-7-11-18/h2-11,16,19-20H,12-13,15H2,1H3,(H,25,27)(H,26,30)(H,28,29)/t16-,19+,20-/m0/s1. The van der Waals surface area contributed by atoms with E-state index in [0.29, 0.717) is 0 Å². The van der Waals surface area contributed by atoms with Gasteiger partial charge in [0.1, 0.15) is 18.7 Å². The third-order valence-corrected chi connectivity index (χ3v) is 4.53. The second-order valence-corrected chi connectivity index (χ2v) is 7.11. The molecule has 0 aliphatic carbocycles. The van der Waals surface area contributed by atoms with Gasteiger partial charge in [-0.25, -0.2) is 9.59 Å². The minimum Gasteiger partial charge on any atom is -0.480 e. The average molecular weight is 423 g/mol. The monoisotopic (exact) mass is 423 g/mol. The van der Waals surface area contributed by atoms with E-state index in [4.69, 9.17) is 10.00 Å². The summed E-state index contributed by atoms with van der Waals surface area (Å²) in [6.45, 7) is 1.60. The van der Waals surface area contributed by atoms with Crippen LogP contribution in [0, 0.1) is 17.2 Å². The maximum absolute atomic E-state index is 12.8. The van der Waals surface area contributed by atoms with Gasteiger partial charge in [-0.3, -0.25) is 4.79 Å². The number of aliphatic carboxylic acids is 1. The molecule has 3 N–H and O–H groups in total. The maximum atomic E-state index is 12.8. The molecule has 0 saturated heterocycles. The van der Waals surface area contributed by atoms with Crippen molar-refractivity contribution in [2.45, 2.75) is 38.5 Å². The maximum Gasteiger partial charge on any atom is 0.408 e. The van der Waals surface area contributed by atoms with Crippen molar-refractivity contribution in [2.24, 2.45) is 5.92 Å². The van der Waals surface area contributed by atoms with Crippen molar-refractivity contribution >= 4 is 18.0 Å². The number of carboxylic acid groups (broad SMARTS) is 1. The quantitative estimate of drug-likeness (QED) is 0.539. The Morgan fingerprint density at radius 1 is 0.968 bits per heavy atom. The van der Waals surface area contributed by atoms with Crippen molar-refractivity contribution in [2.75, 3.05) is 0 Å². The van der Waals surface area contributed by atoms with Gasteiger partial charge in [0.05, 0.1) is 6.07 Å². The molecule has 0 unspecified atom stereocenters. The van der Waals surface area contributed by atoms with Crippen LogP contribution < -0.4 is 10.6 Å². The summed E-state index contributed by atoms with van der Waals surface area (Å²) < 4.78 is 5.19. The highest BCUT2D eigenvalue weighted by Crippen LogP contribution is 2.08. The minimum absolute atomic E-state index is 0.0315. The van der Waals surface area contributed by atoms with Crippen LogP contribution in [0.25, 0.3) is 0 Å². The Labute approximate surface area is 180 Å². The van der Waals surface area contributed by atoms with Crippen LogP contribution in [-0.2, 0) is 27.4 Å². The van der Waals surface area contributed by atoms with E-state index in [9.17, 15) is 19.5 Å². The zero-order chi connectivity index (χ0) is 22.6. The Kier molecular flexibility index (Phi) is 9.05. The fourth-order valence-electron chi connectivity index (χ4n) is 2.87. The Morgan fingerprint density at radius 2 is 1.55 bits per heavy atom. The molecule has 2 rings (SSSR count). The van der Waals surface area contributed by atoms with Crippen LogP contribution in [0.1, 0.15) is 24.5 Å². The summed E-state index contributed by atoms with van der Waals surface area (Å²) in [5.74, 6) is -2.48. The predicted octanol–water partition coefficient (Wildman–Crippen LogP) is 2.64. The summed E-state index contributed by atoms with van der Waals surface area (Å²) in [6, 6.07) is 17.7. The molecule has 2 aromatic carbocycles. The smallest absolute Gasteiger partial charge is 0.408 e. The van der Waals surface area contributed by atoms with Gasteiger partial charge in [0.15, 0.2) is 0 Å². The highest BCUT2D eigenvalue weighted by Gasteiger charge is 2.28. The molecule has 0 bridgehead atoms. The summed E-state index contributed by atoms with van der Waals surface area (Å²) in [5, 5.41) is 23.3. The first kappa shape index (κ1) is 23.4. The number of ether oxygens (including phenoxy) is 1. The fraction of sp³-hybridized carbons (Fsp3) is 0.304. The van der Waals surface area contributed by atoms with E-state index in [1.54, 1.807) is 43.3 Å². The van der Waals surface area contributed by atoms with Gasteiger partial charge in [0, 0.05) is 12.3 Å². The SMILES string of the molecule is C[C@H](C#N)C[C@H](NC(=O)[C@@H](Cc1ccccc1)NC(=O)OCc1ccccc1)C(=O)O. The lowest BCUT2D eigenvalue weighted by Crippen LogP contribution is -2.52. The molecular weight excluding hydrogens is 398 g/mol. The number of carbonyl (C=O) groups excluding carboxylic acids is 2. The lowest BCUT2D eigenvalue weighted by Gasteiger charge is -2.22. The summed E-state index contributed by atoms with van der Waals surface area (Å²) in [7, 11) is 0. The second kappa shape index (κ2) is 12.0. The Morgan fingerprint density at radius 3 is 2.10 bits per heavy atom. The van der Waals surface area contributed by atoms with Gasteiger partial charge >= 0.3 is 12.1 Å². The van der Waals surface area contributed by atoms with Gasteiger partial charge < -0.3 is 20.5 Å². The second-order valence-electron chi connectivity index (χ2n) is 7.11. The van der Waals surface area contributed by atoms with E-state index in [1.807, 2.05) is 30.3 Å². The number of hydrogen-bond donors (Lipinski definition) is 3. The molecule has 0 spiro atoms. The van der Waals surface area contributed by atoms with Gasteiger partial charge in [-0.1, -0.05) is 60.7 Å². The van der Waals surface area contributed by atoms with Crippen LogP contribution in [0.4, 0.5) is 4.79 Å². The van der Waals surface area contributed by atoms with Crippen LogP contribution in [0.5, 0.6) is 0 Å². The number of nitrogens with zero attached hydrogens (tertiary/aromatic N) is 1. The van der Waals surface area contributed by atoms with Gasteiger partial charge in [-0.05, 0) is 24.5 Å². The molecule has 0 saturated carbocycles. The minimum atomic E-state index is -1.25. The van der Waals surface area contributed by atoms with E-state index in [-0.39, 0.29) is 19.4 Å². The molecule has 31 heavy (non-hydrogen) atoms. The van der Waals surface area contributed by atoms with Crippen molar-refractivity contribution in [3.63, 3.8) is 0 Å². The molecule has 2 aromatic rings. The van der Waals surface area contributed by atoms with Gasteiger partial charge in [-0.15, -0.1) is 0 Å². The molecule has 162 valence electrons. The molecule has 8 heteroatoms. The summed E-state index contributed by atoms with van der Waals surface area (Å²) in [5.41, 5.74) is 1.57. The number of hydrogen-bond acceptors (Lipinski definition) is 5. The van der Waals surface area contributed by atoms with Crippen LogP contribution in [-0.4, -0.2) is 35.2 Å². The van der Waals surface area contributed by atoms with E-state index in [0.717, 1.165) is 11.1 Å². The summed E-state index contributed by atoms with van der Waals surface area (Å²) in [4.78, 5) is 36.6. The zero-order valence-electron chi connectivity index (χ0n) is 17.2. The molecule has 0 aromatic heterocycles. The Hall–Kier alpha value is -3.86. The molecule has 8 nitrogen and oxygen atoms in total. The van der Waals surface area contributed by atoms with Crippen LogP contribution in [0.15, 0.2) is 60.7 Å². The highest BCUT2D eigenvalue weighted by atomic mass is 16.5. The number of amides is 2. The first-order chi connectivity index (χ1) is 14.9. The van der Waals surface area contributed by atoms with Crippen LogP contribution in [0.3, 0.4) is 0 Å². The Bertz CT molecular complexity index is 912. The van der Waals surface area contributed by atoms with Gasteiger partial charge in [-0.2, -0.15) is 5.26 Å². The molecule has 0 fully saturated rings. The topological polar surface area (TPSA) is 129 Å².